The average molecular weight is 477 g/mol. The van der Waals surface area contributed by atoms with Gasteiger partial charge < -0.3 is 24.7 Å². The number of benzene rings is 2. The zero-order valence-corrected chi connectivity index (χ0v) is 20.4. The van der Waals surface area contributed by atoms with E-state index in [0.717, 1.165) is 13.1 Å². The molecular weight excluding hydrogens is 444 g/mol. The Bertz CT molecular complexity index is 1180. The van der Waals surface area contributed by atoms with Gasteiger partial charge in [-0.2, -0.15) is 0 Å². The number of nitrogens with zero attached hydrogens (tertiary/aromatic N) is 2. The minimum Gasteiger partial charge on any atom is -0.492 e. The van der Waals surface area contributed by atoms with Crippen LogP contribution in [0.25, 0.3) is 0 Å². The second-order valence-electron chi connectivity index (χ2n) is 8.35. The van der Waals surface area contributed by atoms with Gasteiger partial charge in [-0.15, -0.1) is 0 Å². The van der Waals surface area contributed by atoms with Crippen LogP contribution in [-0.4, -0.2) is 47.6 Å². The number of anilines is 2. The first-order chi connectivity index (χ1) is 17.0. The topological polar surface area (TPSA) is 84.8 Å². The minimum atomic E-state index is -0.255. The molecule has 8 heteroatoms. The third-order valence-electron chi connectivity index (χ3n) is 6.05. The maximum atomic E-state index is 13.0. The van der Waals surface area contributed by atoms with Crippen LogP contribution < -0.4 is 20.1 Å². The minimum absolute atomic E-state index is 0.138. The lowest BCUT2D eigenvalue weighted by atomic mass is 10.1. The molecule has 0 spiro atoms. The molecule has 35 heavy (non-hydrogen) atoms. The summed E-state index contributed by atoms with van der Waals surface area (Å²) in [5.74, 6) is 0.531. The van der Waals surface area contributed by atoms with Crippen molar-refractivity contribution in [3.63, 3.8) is 0 Å². The van der Waals surface area contributed by atoms with Crippen molar-refractivity contribution in [3.05, 3.63) is 72.1 Å². The van der Waals surface area contributed by atoms with Gasteiger partial charge in [0.05, 0.1) is 31.1 Å². The quantitative estimate of drug-likeness (QED) is 0.473. The molecule has 4 rings (SSSR count). The van der Waals surface area contributed by atoms with Crippen molar-refractivity contribution in [1.29, 1.82) is 0 Å². The summed E-state index contributed by atoms with van der Waals surface area (Å²) in [5.41, 5.74) is 2.72. The fourth-order valence-electron chi connectivity index (χ4n) is 4.31. The molecule has 1 aromatic heterocycles. The fraction of sp³-hybridized carbons (Fsp3) is 0.333. The van der Waals surface area contributed by atoms with Gasteiger partial charge in [0.1, 0.15) is 11.5 Å². The number of carbonyl (C=O) groups is 2. The fourth-order valence-corrected chi connectivity index (χ4v) is 4.31. The monoisotopic (exact) mass is 476 g/mol. The van der Waals surface area contributed by atoms with Crippen LogP contribution >= 0.6 is 0 Å². The number of aromatic nitrogens is 1. The molecule has 0 fully saturated rings. The maximum Gasteiger partial charge on any atom is 0.255 e. The van der Waals surface area contributed by atoms with Crippen LogP contribution in [0, 0.1) is 0 Å². The molecule has 1 atom stereocenters. The van der Waals surface area contributed by atoms with Crippen molar-refractivity contribution >= 4 is 23.2 Å². The van der Waals surface area contributed by atoms with Crippen LogP contribution in [-0.2, 0) is 11.3 Å². The smallest absolute Gasteiger partial charge is 0.255 e. The molecule has 0 saturated heterocycles. The van der Waals surface area contributed by atoms with Crippen molar-refractivity contribution in [2.75, 3.05) is 36.9 Å². The second kappa shape index (κ2) is 11.1. The van der Waals surface area contributed by atoms with Crippen molar-refractivity contribution in [1.82, 2.24) is 9.47 Å². The van der Waals surface area contributed by atoms with Crippen molar-refractivity contribution in [2.24, 2.45) is 0 Å². The summed E-state index contributed by atoms with van der Waals surface area (Å²) in [4.78, 5) is 27.9. The summed E-state index contributed by atoms with van der Waals surface area (Å²) in [6.07, 6.45) is 2.07. The Morgan fingerprint density at radius 3 is 2.23 bits per heavy atom. The predicted molar refractivity (Wildman–Crippen MR) is 136 cm³/mol. The molecule has 2 aromatic carbocycles. The number of carbonyl (C=O) groups excluding carboxylic acids is 2. The molecule has 1 aliphatic heterocycles. The van der Waals surface area contributed by atoms with E-state index in [9.17, 15) is 9.59 Å². The second-order valence-corrected chi connectivity index (χ2v) is 8.35. The van der Waals surface area contributed by atoms with E-state index in [-0.39, 0.29) is 24.4 Å². The van der Waals surface area contributed by atoms with Gasteiger partial charge in [0.25, 0.3) is 5.91 Å². The van der Waals surface area contributed by atoms with Gasteiger partial charge in [0.15, 0.2) is 0 Å². The van der Waals surface area contributed by atoms with E-state index >= 15 is 0 Å². The zero-order chi connectivity index (χ0) is 24.8. The Labute approximate surface area is 205 Å². The molecular formula is C27H32N4O4. The van der Waals surface area contributed by atoms with Crippen molar-refractivity contribution in [2.45, 2.75) is 33.4 Å². The van der Waals surface area contributed by atoms with E-state index in [2.05, 4.69) is 39.3 Å². The van der Waals surface area contributed by atoms with Crippen molar-refractivity contribution < 1.29 is 19.1 Å². The lowest BCUT2D eigenvalue weighted by Crippen LogP contribution is -2.41. The Balaban J connectivity index is 1.53. The summed E-state index contributed by atoms with van der Waals surface area (Å²) < 4.78 is 13.8. The maximum absolute atomic E-state index is 13.0. The summed E-state index contributed by atoms with van der Waals surface area (Å²) in [6.45, 7) is 8.57. The number of hydrogen-bond acceptors (Lipinski definition) is 5. The normalized spacial score (nSPS) is 15.2. The first kappa shape index (κ1) is 24.3. The summed E-state index contributed by atoms with van der Waals surface area (Å²) in [5, 5.41) is 5.89. The summed E-state index contributed by atoms with van der Waals surface area (Å²) >= 11 is 0. The zero-order valence-electron chi connectivity index (χ0n) is 20.4. The lowest BCUT2D eigenvalue weighted by molar-refractivity contribution is -0.118. The van der Waals surface area contributed by atoms with Gasteiger partial charge in [-0.1, -0.05) is 18.2 Å². The molecule has 184 valence electrons. The van der Waals surface area contributed by atoms with Crippen LogP contribution in [0.1, 0.15) is 42.9 Å². The van der Waals surface area contributed by atoms with E-state index in [1.165, 1.54) is 5.69 Å². The van der Waals surface area contributed by atoms with Crippen LogP contribution in [0.3, 0.4) is 0 Å². The molecule has 2 heterocycles. The molecule has 1 aliphatic rings. The largest absolute Gasteiger partial charge is 0.492 e. The standard InChI is InChI=1S/C27H32N4O4/c1-4-34-24-17-22(29-27(33)20-10-7-6-8-11-20)25(35-5-2)16-21(24)28-26(32)18-31-15-14-30-13-9-12-23(30)19(31)3/h6-13,16-17,19H,4-5,14-15,18H2,1-3H3,(H,28,32)(H,29,33)/t19-/m1/s1. The highest BCUT2D eigenvalue weighted by Crippen LogP contribution is 2.37. The third-order valence-corrected chi connectivity index (χ3v) is 6.05. The molecule has 8 nitrogen and oxygen atoms in total. The lowest BCUT2D eigenvalue weighted by Gasteiger charge is -2.34. The summed E-state index contributed by atoms with van der Waals surface area (Å²) in [6, 6.07) is 16.6. The number of hydrogen-bond donors (Lipinski definition) is 2. The number of ether oxygens (including phenoxy) is 2. The van der Waals surface area contributed by atoms with Gasteiger partial charge in [-0.25, -0.2) is 0 Å². The van der Waals surface area contributed by atoms with Crippen LogP contribution in [0.5, 0.6) is 11.5 Å². The Morgan fingerprint density at radius 2 is 1.57 bits per heavy atom. The molecule has 2 N–H and O–H groups in total. The number of amides is 2. The molecule has 0 unspecified atom stereocenters. The molecule has 0 aliphatic carbocycles. The van der Waals surface area contributed by atoms with Gasteiger partial charge in [-0.3, -0.25) is 14.5 Å². The third kappa shape index (κ3) is 5.66. The SMILES string of the molecule is CCOc1cc(NC(=O)c2ccccc2)c(OCC)cc1NC(=O)CN1CCn2cccc2[C@H]1C. The average Bonchev–Trinajstić information content (AvgIpc) is 3.34. The van der Waals surface area contributed by atoms with Gasteiger partial charge >= 0.3 is 0 Å². The predicted octanol–water partition coefficient (Wildman–Crippen LogP) is 4.55. The molecule has 0 radical (unpaired) electrons. The molecule has 2 amide bonds. The van der Waals surface area contributed by atoms with Gasteiger partial charge in [-0.05, 0) is 45.0 Å². The van der Waals surface area contributed by atoms with Crippen LogP contribution in [0.2, 0.25) is 0 Å². The van der Waals surface area contributed by atoms with E-state index in [1.807, 2.05) is 38.1 Å². The van der Waals surface area contributed by atoms with E-state index < -0.39 is 0 Å². The summed E-state index contributed by atoms with van der Waals surface area (Å²) in [7, 11) is 0. The number of nitrogens with one attached hydrogen (secondary N) is 2. The molecule has 3 aromatic rings. The molecule has 0 bridgehead atoms. The highest BCUT2D eigenvalue weighted by molar-refractivity contribution is 6.05. The van der Waals surface area contributed by atoms with Gasteiger partial charge in [0, 0.05) is 48.7 Å². The van der Waals surface area contributed by atoms with E-state index in [0.29, 0.717) is 41.7 Å². The Hall–Kier alpha value is -3.78. The van der Waals surface area contributed by atoms with E-state index in [4.69, 9.17) is 9.47 Å². The Kier molecular flexibility index (Phi) is 7.72. The Morgan fingerprint density at radius 1 is 0.914 bits per heavy atom. The number of fused-ring (bicyclic) bond motifs is 1. The molecule has 0 saturated carbocycles. The first-order valence-electron chi connectivity index (χ1n) is 12.0. The highest BCUT2D eigenvalue weighted by Gasteiger charge is 2.25. The van der Waals surface area contributed by atoms with Crippen molar-refractivity contribution in [3.8, 4) is 11.5 Å². The highest BCUT2D eigenvalue weighted by atomic mass is 16.5. The number of rotatable bonds is 9. The van der Waals surface area contributed by atoms with E-state index in [1.54, 1.807) is 24.3 Å². The first-order valence-corrected chi connectivity index (χ1v) is 12.0. The van der Waals surface area contributed by atoms with Crippen LogP contribution in [0.15, 0.2) is 60.8 Å². The van der Waals surface area contributed by atoms with Gasteiger partial charge in [0.2, 0.25) is 5.91 Å². The van der Waals surface area contributed by atoms with Crippen LogP contribution in [0.4, 0.5) is 11.4 Å².